The maximum absolute atomic E-state index is 12.1. The molecule has 2 fully saturated rings. The lowest BCUT2D eigenvalue weighted by molar-refractivity contribution is -0.135. The van der Waals surface area contributed by atoms with E-state index in [9.17, 15) is 13.2 Å². The molecule has 0 aliphatic carbocycles. The molecule has 0 bridgehead atoms. The van der Waals surface area contributed by atoms with Gasteiger partial charge in [-0.05, 0) is 12.8 Å². The van der Waals surface area contributed by atoms with Crippen molar-refractivity contribution in [3.05, 3.63) is 0 Å². The van der Waals surface area contributed by atoms with E-state index in [0.29, 0.717) is 39.5 Å². The quantitative estimate of drug-likeness (QED) is 0.670. The van der Waals surface area contributed by atoms with E-state index in [1.54, 1.807) is 4.90 Å². The molecule has 0 aromatic carbocycles. The summed E-state index contributed by atoms with van der Waals surface area (Å²) < 4.78 is 35.7. The van der Waals surface area contributed by atoms with E-state index in [4.69, 9.17) is 9.47 Å². The molecule has 1 unspecified atom stereocenters. The van der Waals surface area contributed by atoms with E-state index >= 15 is 0 Å². The van der Waals surface area contributed by atoms with Crippen molar-refractivity contribution in [3.63, 3.8) is 0 Å². The number of nitrogens with zero attached hydrogens (tertiary/aromatic N) is 2. The first-order chi connectivity index (χ1) is 9.97. The molecule has 1 amide bonds. The fourth-order valence-corrected chi connectivity index (χ4v) is 3.46. The zero-order valence-electron chi connectivity index (χ0n) is 12.5. The Bertz CT molecular complexity index is 441. The van der Waals surface area contributed by atoms with Crippen LogP contribution in [0.4, 0.5) is 0 Å². The Labute approximate surface area is 126 Å². The van der Waals surface area contributed by atoms with E-state index in [1.807, 2.05) is 0 Å². The Hall–Kier alpha value is -0.700. The molecule has 7 nitrogen and oxygen atoms in total. The van der Waals surface area contributed by atoms with Crippen LogP contribution in [0.3, 0.4) is 0 Å². The number of hydrogen-bond donors (Lipinski definition) is 0. The van der Waals surface area contributed by atoms with Crippen LogP contribution in [0.25, 0.3) is 0 Å². The van der Waals surface area contributed by atoms with Gasteiger partial charge in [-0.15, -0.1) is 0 Å². The smallest absolute Gasteiger partial charge is 0.224 e. The number of amides is 1. The zero-order valence-corrected chi connectivity index (χ0v) is 13.3. The summed E-state index contributed by atoms with van der Waals surface area (Å²) in [6, 6.07) is 0. The van der Waals surface area contributed by atoms with Crippen molar-refractivity contribution in [1.82, 2.24) is 9.21 Å². The standard InChI is InChI=1S/C13H24N2O5S/c1-21(17,18)15(11-12-3-2-8-20-12)5-4-13(16)14-6-9-19-10-7-14/h12H,2-11H2,1H3. The number of morpholine rings is 1. The molecule has 2 heterocycles. The average molecular weight is 320 g/mol. The summed E-state index contributed by atoms with van der Waals surface area (Å²) >= 11 is 0. The minimum atomic E-state index is -3.32. The van der Waals surface area contributed by atoms with Crippen molar-refractivity contribution in [2.24, 2.45) is 0 Å². The van der Waals surface area contributed by atoms with Gasteiger partial charge in [-0.3, -0.25) is 4.79 Å². The van der Waals surface area contributed by atoms with E-state index in [1.165, 1.54) is 10.6 Å². The minimum absolute atomic E-state index is 0.0145. The number of sulfonamides is 1. The van der Waals surface area contributed by atoms with Crippen LogP contribution in [0.2, 0.25) is 0 Å². The van der Waals surface area contributed by atoms with Crippen LogP contribution in [0, 0.1) is 0 Å². The Kier molecular flexibility index (Phi) is 5.98. The van der Waals surface area contributed by atoms with Crippen LogP contribution in [-0.2, 0) is 24.3 Å². The number of rotatable bonds is 6. The van der Waals surface area contributed by atoms with Gasteiger partial charge in [-0.1, -0.05) is 0 Å². The summed E-state index contributed by atoms with van der Waals surface area (Å²) in [6.07, 6.45) is 3.19. The first kappa shape index (κ1) is 16.7. The second kappa shape index (κ2) is 7.53. The topological polar surface area (TPSA) is 76.2 Å². The van der Waals surface area contributed by atoms with Crippen LogP contribution in [0.1, 0.15) is 19.3 Å². The third-order valence-corrected chi connectivity index (χ3v) is 5.11. The molecule has 0 spiro atoms. The van der Waals surface area contributed by atoms with Gasteiger partial charge in [0.25, 0.3) is 0 Å². The van der Waals surface area contributed by atoms with Crippen molar-refractivity contribution in [1.29, 1.82) is 0 Å². The van der Waals surface area contributed by atoms with Crippen LogP contribution < -0.4 is 0 Å². The Morgan fingerprint density at radius 3 is 2.57 bits per heavy atom. The zero-order chi connectivity index (χ0) is 15.3. The van der Waals surface area contributed by atoms with Crippen molar-refractivity contribution in [2.45, 2.75) is 25.4 Å². The predicted octanol–water partition coefficient (Wildman–Crippen LogP) is -0.324. The highest BCUT2D eigenvalue weighted by Gasteiger charge is 2.26. The van der Waals surface area contributed by atoms with E-state index in [-0.39, 0.29) is 25.0 Å². The summed E-state index contributed by atoms with van der Waals surface area (Å²) in [6.45, 7) is 3.53. The SMILES string of the molecule is CS(=O)(=O)N(CCC(=O)N1CCOCC1)CC1CCCO1. The minimum Gasteiger partial charge on any atom is -0.378 e. The largest absolute Gasteiger partial charge is 0.378 e. The summed E-state index contributed by atoms with van der Waals surface area (Å²) in [4.78, 5) is 13.8. The van der Waals surface area contributed by atoms with Gasteiger partial charge < -0.3 is 14.4 Å². The fourth-order valence-electron chi connectivity index (χ4n) is 2.60. The molecule has 0 aromatic heterocycles. The Morgan fingerprint density at radius 1 is 1.29 bits per heavy atom. The first-order valence-corrected chi connectivity index (χ1v) is 9.24. The van der Waals surface area contributed by atoms with Gasteiger partial charge in [0.2, 0.25) is 15.9 Å². The number of hydrogen-bond acceptors (Lipinski definition) is 5. The maximum atomic E-state index is 12.1. The summed E-state index contributed by atoms with van der Waals surface area (Å²) in [5.41, 5.74) is 0. The summed E-state index contributed by atoms with van der Waals surface area (Å²) in [5, 5.41) is 0. The van der Waals surface area contributed by atoms with E-state index in [2.05, 4.69) is 0 Å². The second-order valence-electron chi connectivity index (χ2n) is 5.50. The Morgan fingerprint density at radius 2 is 2.00 bits per heavy atom. The van der Waals surface area contributed by atoms with Crippen molar-refractivity contribution in [2.75, 3.05) is 52.3 Å². The summed E-state index contributed by atoms with van der Waals surface area (Å²) in [7, 11) is -3.32. The molecule has 1 atom stereocenters. The lowest BCUT2D eigenvalue weighted by Crippen LogP contribution is -2.43. The molecule has 0 radical (unpaired) electrons. The molecule has 2 aliphatic heterocycles. The average Bonchev–Trinajstić information content (AvgIpc) is 2.96. The molecule has 0 N–H and O–H groups in total. The van der Waals surface area contributed by atoms with Crippen molar-refractivity contribution >= 4 is 15.9 Å². The van der Waals surface area contributed by atoms with Gasteiger partial charge in [-0.2, -0.15) is 4.31 Å². The molecule has 8 heteroatoms. The van der Waals surface area contributed by atoms with Crippen molar-refractivity contribution in [3.8, 4) is 0 Å². The third kappa shape index (κ3) is 5.21. The lowest BCUT2D eigenvalue weighted by atomic mass is 10.2. The van der Waals surface area contributed by atoms with Crippen LogP contribution >= 0.6 is 0 Å². The van der Waals surface area contributed by atoms with Gasteiger partial charge in [-0.25, -0.2) is 8.42 Å². The molecule has 2 rings (SSSR count). The van der Waals surface area contributed by atoms with Gasteiger partial charge >= 0.3 is 0 Å². The molecule has 0 aromatic rings. The monoisotopic (exact) mass is 320 g/mol. The number of ether oxygens (including phenoxy) is 2. The number of carbonyl (C=O) groups excluding carboxylic acids is 1. The molecular formula is C13H24N2O5S. The Balaban J connectivity index is 1.84. The maximum Gasteiger partial charge on any atom is 0.224 e. The van der Waals surface area contributed by atoms with Gasteiger partial charge in [0, 0.05) is 39.2 Å². The van der Waals surface area contributed by atoms with Crippen LogP contribution in [0.5, 0.6) is 0 Å². The van der Waals surface area contributed by atoms with Crippen LogP contribution in [0.15, 0.2) is 0 Å². The van der Waals surface area contributed by atoms with E-state index in [0.717, 1.165) is 12.8 Å². The molecule has 0 saturated carbocycles. The van der Waals surface area contributed by atoms with Gasteiger partial charge in [0.05, 0.1) is 25.6 Å². The molecule has 2 saturated heterocycles. The summed E-state index contributed by atoms with van der Waals surface area (Å²) in [5.74, 6) is -0.0145. The van der Waals surface area contributed by atoms with E-state index < -0.39 is 10.0 Å². The highest BCUT2D eigenvalue weighted by Crippen LogP contribution is 2.15. The second-order valence-corrected chi connectivity index (χ2v) is 7.48. The van der Waals surface area contributed by atoms with Crippen LogP contribution in [-0.4, -0.2) is 81.9 Å². The predicted molar refractivity (Wildman–Crippen MR) is 77.4 cm³/mol. The fraction of sp³-hybridized carbons (Fsp3) is 0.923. The van der Waals surface area contributed by atoms with Gasteiger partial charge in [0.15, 0.2) is 0 Å². The molecular weight excluding hydrogens is 296 g/mol. The highest BCUT2D eigenvalue weighted by molar-refractivity contribution is 7.88. The lowest BCUT2D eigenvalue weighted by Gasteiger charge is -2.28. The third-order valence-electron chi connectivity index (χ3n) is 3.84. The number of carbonyl (C=O) groups is 1. The highest BCUT2D eigenvalue weighted by atomic mass is 32.2. The van der Waals surface area contributed by atoms with Gasteiger partial charge in [0.1, 0.15) is 0 Å². The first-order valence-electron chi connectivity index (χ1n) is 7.39. The molecule has 2 aliphatic rings. The molecule has 122 valence electrons. The normalized spacial score (nSPS) is 23.7. The van der Waals surface area contributed by atoms with Crippen molar-refractivity contribution < 1.29 is 22.7 Å². The molecule has 21 heavy (non-hydrogen) atoms.